The maximum atomic E-state index is 8.80. The van der Waals surface area contributed by atoms with Gasteiger partial charge in [-0.15, -0.1) is 0 Å². The first-order valence-electron chi connectivity index (χ1n) is 8.15. The van der Waals surface area contributed by atoms with Gasteiger partial charge in [-0.2, -0.15) is 0 Å². The van der Waals surface area contributed by atoms with Crippen molar-refractivity contribution >= 4 is 0 Å². The highest BCUT2D eigenvalue weighted by Crippen LogP contribution is 2.11. The Morgan fingerprint density at radius 3 is 1.42 bits per heavy atom. The van der Waals surface area contributed by atoms with E-state index in [1.807, 2.05) is 60.7 Å². The number of nitrogens with zero attached hydrogens (tertiary/aromatic N) is 6. The van der Waals surface area contributed by atoms with E-state index in [2.05, 4.69) is 20.1 Å². The second kappa shape index (κ2) is 11.5. The predicted molar refractivity (Wildman–Crippen MR) is 98.1 cm³/mol. The van der Waals surface area contributed by atoms with Crippen molar-refractivity contribution in [3.05, 3.63) is 92.7 Å². The van der Waals surface area contributed by atoms with Gasteiger partial charge in [0.05, 0.1) is 38.5 Å². The molecular weight excluding hydrogens is 332 g/mol. The van der Waals surface area contributed by atoms with Crippen LogP contribution in [0, 0.1) is 0 Å². The normalized spacial score (nSPS) is 12.5. The lowest BCUT2D eigenvalue weighted by atomic mass is 10.1. The number of rotatable bonds is 11. The summed E-state index contributed by atoms with van der Waals surface area (Å²) in [6.45, 7) is 1.03. The fourth-order valence-corrected chi connectivity index (χ4v) is 2.32. The molecule has 0 aliphatic carbocycles. The highest BCUT2D eigenvalue weighted by molar-refractivity contribution is 5.14. The lowest BCUT2D eigenvalue weighted by Gasteiger charge is -2.19. The molecule has 2 aromatic rings. The van der Waals surface area contributed by atoms with Crippen molar-refractivity contribution < 1.29 is 9.47 Å². The molecule has 0 saturated heterocycles. The zero-order valence-corrected chi connectivity index (χ0v) is 14.3. The Morgan fingerprint density at radius 1 is 0.692 bits per heavy atom. The van der Waals surface area contributed by atoms with Crippen LogP contribution in [0.4, 0.5) is 0 Å². The molecular formula is C18H20N6O2. The highest BCUT2D eigenvalue weighted by Gasteiger charge is 2.20. The molecule has 0 aliphatic heterocycles. The molecule has 0 unspecified atom stereocenters. The Bertz CT molecular complexity index is 677. The van der Waals surface area contributed by atoms with E-state index >= 15 is 0 Å². The molecule has 2 aromatic carbocycles. The van der Waals surface area contributed by atoms with Crippen LogP contribution in [0.1, 0.15) is 11.1 Å². The average Bonchev–Trinajstić information content (AvgIpc) is 2.68. The second-order valence-corrected chi connectivity index (χ2v) is 5.55. The quantitative estimate of drug-likeness (QED) is 0.329. The highest BCUT2D eigenvalue weighted by atomic mass is 16.5. The zero-order chi connectivity index (χ0) is 18.5. The summed E-state index contributed by atoms with van der Waals surface area (Å²) >= 11 is 0. The van der Waals surface area contributed by atoms with Gasteiger partial charge in [0.15, 0.2) is 0 Å². The number of hydrogen-bond donors (Lipinski definition) is 0. The maximum absolute atomic E-state index is 8.80. The molecule has 0 amide bonds. The summed E-state index contributed by atoms with van der Waals surface area (Å²) in [5.41, 5.74) is 19.6. The van der Waals surface area contributed by atoms with Crippen molar-refractivity contribution in [2.24, 2.45) is 10.2 Å². The van der Waals surface area contributed by atoms with Crippen molar-refractivity contribution in [1.29, 1.82) is 0 Å². The van der Waals surface area contributed by atoms with Gasteiger partial charge in [0, 0.05) is 9.82 Å². The van der Waals surface area contributed by atoms with Crippen LogP contribution < -0.4 is 0 Å². The average molecular weight is 352 g/mol. The molecule has 26 heavy (non-hydrogen) atoms. The molecule has 0 saturated carbocycles. The van der Waals surface area contributed by atoms with Crippen LogP contribution >= 0.6 is 0 Å². The van der Waals surface area contributed by atoms with Crippen molar-refractivity contribution in [2.75, 3.05) is 13.2 Å². The van der Waals surface area contributed by atoms with E-state index in [9.17, 15) is 0 Å². The number of azide groups is 2. The molecule has 134 valence electrons. The molecule has 0 spiro atoms. The Morgan fingerprint density at radius 2 is 1.08 bits per heavy atom. The van der Waals surface area contributed by atoms with Gasteiger partial charge in [-0.3, -0.25) is 0 Å². The second-order valence-electron chi connectivity index (χ2n) is 5.55. The van der Waals surface area contributed by atoms with Crippen molar-refractivity contribution in [3.63, 3.8) is 0 Å². The molecule has 0 aromatic heterocycles. The third kappa shape index (κ3) is 6.84. The molecule has 2 rings (SSSR count). The summed E-state index contributed by atoms with van der Waals surface area (Å²) in [5, 5.41) is 7.42. The van der Waals surface area contributed by atoms with E-state index in [1.54, 1.807) is 0 Å². The fourth-order valence-electron chi connectivity index (χ4n) is 2.32. The Labute approximate surface area is 151 Å². The van der Waals surface area contributed by atoms with Gasteiger partial charge in [0.25, 0.3) is 0 Å². The maximum Gasteiger partial charge on any atom is 0.0717 e. The van der Waals surface area contributed by atoms with Gasteiger partial charge >= 0.3 is 0 Å². The third-order valence-corrected chi connectivity index (χ3v) is 3.64. The Kier molecular flexibility index (Phi) is 8.55. The van der Waals surface area contributed by atoms with Crippen molar-refractivity contribution in [1.82, 2.24) is 0 Å². The molecule has 0 bridgehead atoms. The summed E-state index contributed by atoms with van der Waals surface area (Å²) in [6.07, 6.45) is 0. The van der Waals surface area contributed by atoms with Crippen molar-refractivity contribution in [3.8, 4) is 0 Å². The Hall–Kier alpha value is -3.02. The van der Waals surface area contributed by atoms with Crippen molar-refractivity contribution in [2.45, 2.75) is 25.3 Å². The molecule has 8 nitrogen and oxygen atoms in total. The lowest BCUT2D eigenvalue weighted by molar-refractivity contribution is 0.0685. The van der Waals surface area contributed by atoms with Crippen LogP contribution in [0.3, 0.4) is 0 Å². The topological polar surface area (TPSA) is 116 Å². The summed E-state index contributed by atoms with van der Waals surface area (Å²) in [7, 11) is 0. The van der Waals surface area contributed by atoms with E-state index in [-0.39, 0.29) is 13.2 Å². The van der Waals surface area contributed by atoms with E-state index < -0.39 is 12.1 Å². The van der Waals surface area contributed by atoms with Gasteiger partial charge in [0.1, 0.15) is 0 Å². The zero-order valence-electron chi connectivity index (χ0n) is 14.3. The molecule has 0 fully saturated rings. The first kappa shape index (κ1) is 19.3. The first-order valence-corrected chi connectivity index (χ1v) is 8.15. The van der Waals surface area contributed by atoms with E-state index in [4.69, 9.17) is 20.5 Å². The monoisotopic (exact) mass is 352 g/mol. The minimum absolute atomic E-state index is 0.136. The van der Waals surface area contributed by atoms with Gasteiger partial charge in [-0.05, 0) is 22.2 Å². The van der Waals surface area contributed by atoms with Crippen LogP contribution in [0.15, 0.2) is 70.9 Å². The van der Waals surface area contributed by atoms with Crippen LogP contribution in [-0.4, -0.2) is 25.3 Å². The van der Waals surface area contributed by atoms with Gasteiger partial charge in [0.2, 0.25) is 0 Å². The van der Waals surface area contributed by atoms with Crippen LogP contribution in [-0.2, 0) is 22.7 Å². The number of hydrogen-bond acceptors (Lipinski definition) is 4. The summed E-state index contributed by atoms with van der Waals surface area (Å²) in [4.78, 5) is 5.67. The Balaban J connectivity index is 1.89. The van der Waals surface area contributed by atoms with Gasteiger partial charge < -0.3 is 9.47 Å². The summed E-state index contributed by atoms with van der Waals surface area (Å²) in [6, 6.07) is 18.0. The van der Waals surface area contributed by atoms with E-state index in [1.165, 1.54) is 0 Å². The standard InChI is InChI=1S/C18H20N6O2/c19-23-21-17(13-25-11-15-7-3-1-4-8-15)18(22-24-20)14-26-12-16-9-5-2-6-10-16/h1-10,17-18H,11-14H2/t17-,18-/m1/s1. The summed E-state index contributed by atoms with van der Waals surface area (Å²) in [5.74, 6) is 0. The largest absolute Gasteiger partial charge is 0.376 e. The smallest absolute Gasteiger partial charge is 0.0717 e. The third-order valence-electron chi connectivity index (χ3n) is 3.64. The van der Waals surface area contributed by atoms with Crippen LogP contribution in [0.25, 0.3) is 20.9 Å². The van der Waals surface area contributed by atoms with E-state index in [0.29, 0.717) is 13.2 Å². The molecule has 0 N–H and O–H groups in total. The molecule has 0 heterocycles. The predicted octanol–water partition coefficient (Wildman–Crippen LogP) is 4.78. The fraction of sp³-hybridized carbons (Fsp3) is 0.333. The van der Waals surface area contributed by atoms with Gasteiger partial charge in [-0.1, -0.05) is 70.9 Å². The number of ether oxygens (including phenoxy) is 2. The van der Waals surface area contributed by atoms with Crippen LogP contribution in [0.5, 0.6) is 0 Å². The molecule has 2 atom stereocenters. The SMILES string of the molecule is [N-]=[N+]=N[C@H](COCc1ccccc1)[C@@H](COCc1ccccc1)N=[N+]=[N-]. The molecule has 0 radical (unpaired) electrons. The van der Waals surface area contributed by atoms with Gasteiger partial charge in [-0.25, -0.2) is 0 Å². The lowest BCUT2D eigenvalue weighted by Crippen LogP contribution is -2.31. The van der Waals surface area contributed by atoms with E-state index in [0.717, 1.165) is 11.1 Å². The number of benzene rings is 2. The minimum atomic E-state index is -0.643. The molecule has 0 aliphatic rings. The van der Waals surface area contributed by atoms with Crippen LogP contribution in [0.2, 0.25) is 0 Å². The first-order chi connectivity index (χ1) is 12.8. The molecule has 8 heteroatoms. The minimum Gasteiger partial charge on any atom is -0.376 e. The summed E-state index contributed by atoms with van der Waals surface area (Å²) < 4.78 is 11.2.